The van der Waals surface area contributed by atoms with Gasteiger partial charge in [-0.1, -0.05) is 12.1 Å². The van der Waals surface area contributed by atoms with Gasteiger partial charge in [-0.25, -0.2) is 4.98 Å². The maximum absolute atomic E-state index is 12.7. The van der Waals surface area contributed by atoms with Gasteiger partial charge in [0.1, 0.15) is 0 Å². The number of benzene rings is 2. The second kappa shape index (κ2) is 10.9. The van der Waals surface area contributed by atoms with Crippen LogP contribution in [-0.4, -0.2) is 41.5 Å². The number of carbonyl (C=O) groups excluding carboxylic acids is 1. The Kier molecular flexibility index (Phi) is 7.46. The molecular weight excluding hydrogens is 452 g/mol. The minimum absolute atomic E-state index is 0.137. The summed E-state index contributed by atoms with van der Waals surface area (Å²) >= 11 is 1.69. The molecule has 35 heavy (non-hydrogen) atoms. The third-order valence-electron chi connectivity index (χ3n) is 7.72. The molecule has 1 amide bonds. The Morgan fingerprint density at radius 2 is 1.91 bits per heavy atom. The van der Waals surface area contributed by atoms with E-state index in [-0.39, 0.29) is 5.91 Å². The summed E-state index contributed by atoms with van der Waals surface area (Å²) in [6.07, 6.45) is 8.40. The number of fused-ring (bicyclic) bond motifs is 2. The van der Waals surface area contributed by atoms with Gasteiger partial charge in [0, 0.05) is 19.1 Å². The van der Waals surface area contributed by atoms with E-state index in [0.717, 1.165) is 77.6 Å². The molecule has 0 radical (unpaired) electrons. The average molecular weight is 487 g/mol. The van der Waals surface area contributed by atoms with Crippen LogP contribution in [-0.2, 0) is 24.1 Å². The Bertz CT molecular complexity index is 1240. The molecule has 2 aromatic carbocycles. The Labute approximate surface area is 212 Å². The van der Waals surface area contributed by atoms with Gasteiger partial charge in [0.05, 0.1) is 33.3 Å². The molecule has 1 saturated carbocycles. The summed E-state index contributed by atoms with van der Waals surface area (Å²) in [6.45, 7) is 5.37. The van der Waals surface area contributed by atoms with Crippen LogP contribution in [0.2, 0.25) is 0 Å². The van der Waals surface area contributed by atoms with Gasteiger partial charge in [0.2, 0.25) is 5.91 Å². The number of hydrogen-bond acceptors (Lipinski definition) is 5. The summed E-state index contributed by atoms with van der Waals surface area (Å²) in [4.78, 5) is 19.8. The highest BCUT2D eigenvalue weighted by Crippen LogP contribution is 2.28. The molecule has 0 unspecified atom stereocenters. The standard InChI is InChI=1S/C29H34N4OS/c1-20-31-27-9-5-22(17-28(27)35-20)18-29(34)32-26-7-3-21(4-8-26)10-13-33-14-11-24-6-2-23(19-30)16-25(24)12-15-33/h2,5-6,9,16-17,21,26H,3-4,7-8,10-15,18H2,1H3,(H,32,34). The SMILES string of the molecule is Cc1nc2ccc(CC(=O)NC3CCC(CCN4CCc5ccc(C#N)cc5CC4)CC3)cc2s1. The molecule has 1 fully saturated rings. The lowest BCUT2D eigenvalue weighted by molar-refractivity contribution is -0.121. The summed E-state index contributed by atoms with van der Waals surface area (Å²) in [6, 6.07) is 14.9. The molecule has 1 N–H and O–H groups in total. The van der Waals surface area contributed by atoms with Crippen LogP contribution in [0, 0.1) is 24.2 Å². The van der Waals surface area contributed by atoms with E-state index in [2.05, 4.69) is 39.5 Å². The molecule has 5 nitrogen and oxygen atoms in total. The van der Waals surface area contributed by atoms with Gasteiger partial charge in [0.15, 0.2) is 0 Å². The molecule has 0 saturated heterocycles. The zero-order valence-corrected chi connectivity index (χ0v) is 21.4. The highest BCUT2D eigenvalue weighted by molar-refractivity contribution is 7.18. The quantitative estimate of drug-likeness (QED) is 0.521. The number of aromatic nitrogens is 1. The Morgan fingerprint density at radius 3 is 2.71 bits per heavy atom. The van der Waals surface area contributed by atoms with Crippen molar-refractivity contribution in [3.8, 4) is 6.07 Å². The molecule has 2 heterocycles. The monoisotopic (exact) mass is 486 g/mol. The number of amides is 1. The molecule has 0 atom stereocenters. The first-order valence-corrected chi connectivity index (χ1v) is 13.8. The molecule has 2 aliphatic rings. The smallest absolute Gasteiger partial charge is 0.224 e. The fourth-order valence-corrected chi connectivity index (χ4v) is 6.57. The molecule has 1 aromatic heterocycles. The number of aryl methyl sites for hydroxylation is 1. The Balaban J connectivity index is 1.03. The van der Waals surface area contributed by atoms with E-state index in [0.29, 0.717) is 12.5 Å². The molecule has 3 aromatic rings. The normalized spacial score (nSPS) is 20.7. The lowest BCUT2D eigenvalue weighted by Crippen LogP contribution is -2.39. The predicted molar refractivity (Wildman–Crippen MR) is 142 cm³/mol. The fraction of sp³-hybridized carbons (Fsp3) is 0.483. The highest BCUT2D eigenvalue weighted by atomic mass is 32.1. The molecule has 1 aliphatic carbocycles. The van der Waals surface area contributed by atoms with Crippen molar-refractivity contribution in [1.82, 2.24) is 15.2 Å². The van der Waals surface area contributed by atoms with Gasteiger partial charge in [0.25, 0.3) is 0 Å². The van der Waals surface area contributed by atoms with Crippen molar-refractivity contribution < 1.29 is 4.79 Å². The molecule has 182 valence electrons. The highest BCUT2D eigenvalue weighted by Gasteiger charge is 2.23. The minimum atomic E-state index is 0.137. The second-order valence-corrected chi connectivity index (χ2v) is 11.5. The van der Waals surface area contributed by atoms with Gasteiger partial charge in [-0.3, -0.25) is 4.79 Å². The van der Waals surface area contributed by atoms with E-state index in [4.69, 9.17) is 0 Å². The Morgan fingerprint density at radius 1 is 1.11 bits per heavy atom. The first-order chi connectivity index (χ1) is 17.1. The molecule has 5 rings (SSSR count). The van der Waals surface area contributed by atoms with Crippen LogP contribution >= 0.6 is 11.3 Å². The number of rotatable bonds is 6. The topological polar surface area (TPSA) is 69.0 Å². The lowest BCUT2D eigenvalue weighted by atomic mass is 9.84. The fourth-order valence-electron chi connectivity index (χ4n) is 5.68. The van der Waals surface area contributed by atoms with Gasteiger partial charge in [-0.15, -0.1) is 11.3 Å². The number of hydrogen-bond donors (Lipinski definition) is 1. The van der Waals surface area contributed by atoms with Crippen molar-refractivity contribution in [2.24, 2.45) is 5.92 Å². The van der Waals surface area contributed by atoms with E-state index < -0.39 is 0 Å². The predicted octanol–water partition coefficient (Wildman–Crippen LogP) is 5.18. The van der Waals surface area contributed by atoms with E-state index in [1.807, 2.05) is 25.1 Å². The largest absolute Gasteiger partial charge is 0.353 e. The summed E-state index contributed by atoms with van der Waals surface area (Å²) in [7, 11) is 0. The van der Waals surface area contributed by atoms with Crippen molar-refractivity contribution in [3.05, 3.63) is 63.7 Å². The Hall–Kier alpha value is -2.75. The van der Waals surface area contributed by atoms with Crippen LogP contribution in [0.3, 0.4) is 0 Å². The van der Waals surface area contributed by atoms with Gasteiger partial charge >= 0.3 is 0 Å². The van der Waals surface area contributed by atoms with Gasteiger partial charge in [-0.05, 0) is 105 Å². The van der Waals surface area contributed by atoms with Crippen LogP contribution in [0.25, 0.3) is 10.2 Å². The van der Waals surface area contributed by atoms with E-state index in [9.17, 15) is 10.1 Å². The van der Waals surface area contributed by atoms with Crippen molar-refractivity contribution in [1.29, 1.82) is 5.26 Å². The van der Waals surface area contributed by atoms with Crippen molar-refractivity contribution in [3.63, 3.8) is 0 Å². The molecule has 6 heteroatoms. The van der Waals surface area contributed by atoms with Crippen LogP contribution in [0.4, 0.5) is 0 Å². The van der Waals surface area contributed by atoms with Crippen LogP contribution in [0.5, 0.6) is 0 Å². The summed E-state index contributed by atoms with van der Waals surface area (Å²) in [5.74, 6) is 0.897. The molecule has 0 bridgehead atoms. The summed E-state index contributed by atoms with van der Waals surface area (Å²) < 4.78 is 1.16. The number of nitriles is 1. The maximum atomic E-state index is 12.7. The van der Waals surface area contributed by atoms with E-state index >= 15 is 0 Å². The number of carbonyl (C=O) groups is 1. The summed E-state index contributed by atoms with van der Waals surface area (Å²) in [5, 5.41) is 13.5. The number of thiazole rings is 1. The maximum Gasteiger partial charge on any atom is 0.224 e. The van der Waals surface area contributed by atoms with Crippen molar-refractivity contribution >= 4 is 27.5 Å². The first-order valence-electron chi connectivity index (χ1n) is 13.0. The van der Waals surface area contributed by atoms with Crippen molar-refractivity contribution in [2.45, 2.75) is 64.3 Å². The third kappa shape index (κ3) is 6.09. The summed E-state index contributed by atoms with van der Waals surface area (Å²) in [5.41, 5.74) is 5.62. The van der Waals surface area contributed by atoms with E-state index in [1.54, 1.807) is 11.3 Å². The second-order valence-electron chi connectivity index (χ2n) is 10.2. The zero-order valence-electron chi connectivity index (χ0n) is 20.6. The number of nitrogens with one attached hydrogen (secondary N) is 1. The lowest BCUT2D eigenvalue weighted by Gasteiger charge is -2.30. The zero-order chi connectivity index (χ0) is 24.2. The van der Waals surface area contributed by atoms with Crippen LogP contribution < -0.4 is 5.32 Å². The molecule has 1 aliphatic heterocycles. The first kappa shape index (κ1) is 24.0. The molecular formula is C29H34N4OS. The number of nitrogens with zero attached hydrogens (tertiary/aromatic N) is 3. The van der Waals surface area contributed by atoms with E-state index in [1.165, 1.54) is 30.4 Å². The average Bonchev–Trinajstić information content (AvgIpc) is 3.11. The molecule has 0 spiro atoms. The van der Waals surface area contributed by atoms with Crippen molar-refractivity contribution in [2.75, 3.05) is 19.6 Å². The van der Waals surface area contributed by atoms with Gasteiger partial charge < -0.3 is 10.2 Å². The van der Waals surface area contributed by atoms with Gasteiger partial charge in [-0.2, -0.15) is 5.26 Å². The minimum Gasteiger partial charge on any atom is -0.353 e. The van der Waals surface area contributed by atoms with Crippen LogP contribution in [0.15, 0.2) is 36.4 Å². The van der Waals surface area contributed by atoms with Crippen LogP contribution in [0.1, 0.15) is 59.4 Å². The third-order valence-corrected chi connectivity index (χ3v) is 8.65.